The van der Waals surface area contributed by atoms with Crippen molar-refractivity contribution in [3.05, 3.63) is 46.3 Å². The van der Waals surface area contributed by atoms with E-state index in [1.54, 1.807) is 6.92 Å². The van der Waals surface area contributed by atoms with Crippen molar-refractivity contribution in [1.29, 1.82) is 10.5 Å². The second-order valence-electron chi connectivity index (χ2n) is 7.59. The van der Waals surface area contributed by atoms with E-state index in [1.165, 1.54) is 11.3 Å². The normalized spacial score (nSPS) is 11.5. The minimum Gasteiger partial charge on any atom is -0.494 e. The van der Waals surface area contributed by atoms with Gasteiger partial charge in [0.1, 0.15) is 28.7 Å². The van der Waals surface area contributed by atoms with Gasteiger partial charge in [0, 0.05) is 10.9 Å². The lowest BCUT2D eigenvalue weighted by Gasteiger charge is -2.17. The highest BCUT2D eigenvalue weighted by molar-refractivity contribution is 8.00. The molecule has 0 aliphatic heterocycles. The highest BCUT2D eigenvalue weighted by Gasteiger charge is 2.25. The van der Waals surface area contributed by atoms with Crippen LogP contribution in [0.1, 0.15) is 50.3 Å². The third kappa shape index (κ3) is 5.48. The van der Waals surface area contributed by atoms with Crippen LogP contribution in [0, 0.1) is 22.7 Å². The number of nitrogens with one attached hydrogen (secondary N) is 1. The number of anilines is 2. The number of rotatable bonds is 8. The van der Waals surface area contributed by atoms with Crippen LogP contribution in [0.25, 0.3) is 11.3 Å². The van der Waals surface area contributed by atoms with Gasteiger partial charge in [-0.05, 0) is 49.6 Å². The Morgan fingerprint density at radius 2 is 1.85 bits per heavy atom. The summed E-state index contributed by atoms with van der Waals surface area (Å²) in [5.74, 6) is 0.460. The molecule has 8 nitrogen and oxygen atoms in total. The predicted octanol–water partition coefficient (Wildman–Crippen LogP) is 5.17. The number of nitrogens with zero attached hydrogens (tertiary/aromatic N) is 4. The Labute approximate surface area is 206 Å². The predicted molar refractivity (Wildman–Crippen MR) is 135 cm³/mol. The average Bonchev–Trinajstić information content (AvgIpc) is 3.27. The second kappa shape index (κ2) is 11.0. The molecule has 0 radical (unpaired) electrons. The first-order valence-electron chi connectivity index (χ1n) is 10.6. The summed E-state index contributed by atoms with van der Waals surface area (Å²) in [6.07, 6.45) is 0. The van der Waals surface area contributed by atoms with Gasteiger partial charge in [-0.15, -0.1) is 11.3 Å². The van der Waals surface area contributed by atoms with Crippen molar-refractivity contribution in [3.8, 4) is 29.1 Å². The van der Waals surface area contributed by atoms with E-state index in [1.807, 2.05) is 56.5 Å². The Bertz CT molecular complexity index is 1270. The molecule has 34 heavy (non-hydrogen) atoms. The number of aromatic nitrogens is 2. The number of carbonyl (C=O) groups is 1. The summed E-state index contributed by atoms with van der Waals surface area (Å²) in [6.45, 7) is 8.01. The van der Waals surface area contributed by atoms with E-state index < -0.39 is 5.25 Å². The molecular formula is C24H24N6O2S2. The van der Waals surface area contributed by atoms with Crippen LogP contribution in [0.3, 0.4) is 0 Å². The van der Waals surface area contributed by atoms with Crippen LogP contribution in [0.2, 0.25) is 0 Å². The van der Waals surface area contributed by atoms with Crippen LogP contribution >= 0.6 is 23.1 Å². The largest absolute Gasteiger partial charge is 0.494 e. The number of pyridine rings is 1. The van der Waals surface area contributed by atoms with Crippen LogP contribution in [-0.4, -0.2) is 27.7 Å². The van der Waals surface area contributed by atoms with Crippen LogP contribution in [0.4, 0.5) is 10.9 Å². The summed E-state index contributed by atoms with van der Waals surface area (Å²) >= 11 is 2.45. The first-order chi connectivity index (χ1) is 16.3. The smallest absolute Gasteiger partial charge is 0.239 e. The molecule has 0 spiro atoms. The van der Waals surface area contributed by atoms with Gasteiger partial charge < -0.3 is 15.8 Å². The van der Waals surface area contributed by atoms with E-state index in [-0.39, 0.29) is 28.8 Å². The number of ether oxygens (including phenoxy) is 1. The number of thiazole rings is 1. The molecule has 1 unspecified atom stereocenters. The van der Waals surface area contributed by atoms with E-state index in [0.717, 1.165) is 28.8 Å². The molecule has 0 saturated carbocycles. The molecule has 3 rings (SSSR count). The van der Waals surface area contributed by atoms with E-state index >= 15 is 0 Å². The SMILES string of the molecule is CCOc1ccc(-c2csc(NC(=O)C(C)Sc3nc(N)c(C#N)c(C(C)C)c3C#N)n2)cc1. The molecule has 174 valence electrons. The maximum Gasteiger partial charge on any atom is 0.239 e. The minimum absolute atomic E-state index is 0.0558. The summed E-state index contributed by atoms with van der Waals surface area (Å²) in [6, 6.07) is 11.8. The standard InChI is InChI=1S/C24H24N6O2S2/c1-5-32-16-8-6-15(7-9-16)19-12-33-24(28-19)30-22(31)14(4)34-23-18(11-26)20(13(2)3)17(10-25)21(27)29-23/h6-9,12-14H,5H2,1-4H3,(H2,27,29)(H,28,30,31). The third-order valence-electron chi connectivity index (χ3n) is 4.88. The summed E-state index contributed by atoms with van der Waals surface area (Å²) in [4.78, 5) is 21.6. The molecule has 1 aromatic carbocycles. The Morgan fingerprint density at radius 1 is 1.18 bits per heavy atom. The fourth-order valence-electron chi connectivity index (χ4n) is 3.27. The minimum atomic E-state index is -0.579. The summed E-state index contributed by atoms with van der Waals surface area (Å²) in [5.41, 5.74) is 8.68. The van der Waals surface area contributed by atoms with Crippen LogP contribution in [-0.2, 0) is 4.79 Å². The zero-order valence-electron chi connectivity index (χ0n) is 19.2. The number of carbonyl (C=O) groups excluding carboxylic acids is 1. The lowest BCUT2D eigenvalue weighted by Crippen LogP contribution is -2.23. The maximum atomic E-state index is 12.8. The third-order valence-corrected chi connectivity index (χ3v) is 6.73. The first kappa shape index (κ1) is 25.0. The van der Waals surface area contributed by atoms with E-state index in [0.29, 0.717) is 22.3 Å². The average molecular weight is 493 g/mol. The molecule has 0 aliphatic carbocycles. The Morgan fingerprint density at radius 3 is 2.44 bits per heavy atom. The van der Waals surface area contributed by atoms with Crippen molar-refractivity contribution in [1.82, 2.24) is 9.97 Å². The Balaban J connectivity index is 1.75. The molecule has 2 aromatic heterocycles. The van der Waals surface area contributed by atoms with Crippen molar-refractivity contribution in [2.75, 3.05) is 17.7 Å². The number of hydrogen-bond donors (Lipinski definition) is 2. The van der Waals surface area contributed by atoms with Crippen molar-refractivity contribution >= 4 is 40.0 Å². The quantitative estimate of drug-likeness (QED) is 0.411. The van der Waals surface area contributed by atoms with Gasteiger partial charge in [-0.1, -0.05) is 25.6 Å². The zero-order valence-corrected chi connectivity index (χ0v) is 20.9. The van der Waals surface area contributed by atoms with Crippen molar-refractivity contribution in [2.24, 2.45) is 0 Å². The molecule has 0 aliphatic rings. The monoisotopic (exact) mass is 492 g/mol. The summed E-state index contributed by atoms with van der Waals surface area (Å²) < 4.78 is 5.46. The molecule has 2 heterocycles. The van der Waals surface area contributed by atoms with Gasteiger partial charge in [-0.3, -0.25) is 4.79 Å². The second-order valence-corrected chi connectivity index (χ2v) is 9.78. The van der Waals surface area contributed by atoms with Gasteiger partial charge in [0.15, 0.2) is 5.13 Å². The molecule has 1 amide bonds. The maximum absolute atomic E-state index is 12.8. The fourth-order valence-corrected chi connectivity index (χ4v) is 4.92. The van der Waals surface area contributed by atoms with Gasteiger partial charge in [-0.25, -0.2) is 9.97 Å². The van der Waals surface area contributed by atoms with Crippen LogP contribution in [0.15, 0.2) is 34.7 Å². The molecule has 0 fully saturated rings. The lowest BCUT2D eigenvalue weighted by atomic mass is 9.94. The lowest BCUT2D eigenvalue weighted by molar-refractivity contribution is -0.115. The van der Waals surface area contributed by atoms with E-state index in [9.17, 15) is 15.3 Å². The molecule has 0 saturated heterocycles. The number of benzene rings is 1. The summed E-state index contributed by atoms with van der Waals surface area (Å²) in [7, 11) is 0. The zero-order chi connectivity index (χ0) is 24.8. The summed E-state index contributed by atoms with van der Waals surface area (Å²) in [5, 5.41) is 24.1. The Kier molecular flexibility index (Phi) is 8.11. The Hall–Kier alpha value is -3.60. The molecule has 10 heteroatoms. The van der Waals surface area contributed by atoms with Crippen LogP contribution in [0.5, 0.6) is 5.75 Å². The van der Waals surface area contributed by atoms with E-state index in [4.69, 9.17) is 10.5 Å². The van der Waals surface area contributed by atoms with Gasteiger partial charge in [0.25, 0.3) is 0 Å². The molecule has 3 N–H and O–H groups in total. The van der Waals surface area contributed by atoms with E-state index in [2.05, 4.69) is 21.4 Å². The molecule has 0 bridgehead atoms. The molecule has 1 atom stereocenters. The fraction of sp³-hybridized carbons (Fsp3) is 0.292. The molecular weight excluding hydrogens is 468 g/mol. The number of nitriles is 2. The number of thioether (sulfide) groups is 1. The van der Waals surface area contributed by atoms with Gasteiger partial charge >= 0.3 is 0 Å². The first-order valence-corrected chi connectivity index (χ1v) is 12.3. The molecule has 3 aromatic rings. The number of nitrogens with two attached hydrogens (primary N) is 1. The number of hydrogen-bond acceptors (Lipinski definition) is 9. The van der Waals surface area contributed by atoms with Gasteiger partial charge in [0.05, 0.1) is 28.7 Å². The number of amides is 1. The van der Waals surface area contributed by atoms with Crippen molar-refractivity contribution in [3.63, 3.8) is 0 Å². The number of nitrogen functional groups attached to an aromatic ring is 1. The highest BCUT2D eigenvalue weighted by atomic mass is 32.2. The topological polar surface area (TPSA) is 138 Å². The van der Waals surface area contributed by atoms with Gasteiger partial charge in [-0.2, -0.15) is 10.5 Å². The highest BCUT2D eigenvalue weighted by Crippen LogP contribution is 2.35. The van der Waals surface area contributed by atoms with Crippen LogP contribution < -0.4 is 15.8 Å². The van der Waals surface area contributed by atoms with Crippen molar-refractivity contribution in [2.45, 2.75) is 43.9 Å². The van der Waals surface area contributed by atoms with Crippen molar-refractivity contribution < 1.29 is 9.53 Å². The van der Waals surface area contributed by atoms with Gasteiger partial charge in [0.2, 0.25) is 5.91 Å².